The molecule has 0 spiro atoms. The second kappa shape index (κ2) is 7.76. The Morgan fingerprint density at radius 2 is 2.08 bits per heavy atom. The average Bonchev–Trinajstić information content (AvgIpc) is 2.92. The molecule has 130 valence electrons. The summed E-state index contributed by atoms with van der Waals surface area (Å²) in [5.41, 5.74) is 1.71. The zero-order valence-corrected chi connectivity index (χ0v) is 13.4. The quantitative estimate of drug-likeness (QED) is 0.720. The molecule has 0 saturated heterocycles. The maximum absolute atomic E-state index is 12.2. The summed E-state index contributed by atoms with van der Waals surface area (Å²) < 4.78 is 30.0. The first kappa shape index (κ1) is 17.7. The highest BCUT2D eigenvalue weighted by Gasteiger charge is 2.19. The summed E-state index contributed by atoms with van der Waals surface area (Å²) in [6, 6.07) is 5.35. The molecule has 0 radical (unpaired) electrons. The first-order valence-corrected chi connectivity index (χ1v) is 7.53. The van der Waals surface area contributed by atoms with Crippen LogP contribution in [0.2, 0.25) is 0 Å². The highest BCUT2D eigenvalue weighted by atomic mass is 19.3. The molecule has 3 N–H and O–H groups in total. The van der Waals surface area contributed by atoms with E-state index in [2.05, 4.69) is 15.6 Å². The van der Waals surface area contributed by atoms with E-state index in [9.17, 15) is 18.4 Å². The van der Waals surface area contributed by atoms with Crippen LogP contribution >= 0.6 is 0 Å². The third-order valence-electron chi connectivity index (χ3n) is 3.52. The number of nitrogens with one attached hydrogen (secondary N) is 3. The smallest absolute Gasteiger partial charge is 0.315 e. The molecule has 0 bridgehead atoms. The van der Waals surface area contributed by atoms with Crippen LogP contribution in [0.4, 0.5) is 8.78 Å². The first-order chi connectivity index (χ1) is 11.5. The Hall–Kier alpha value is -2.64. The maximum Gasteiger partial charge on any atom is 0.315 e. The third kappa shape index (κ3) is 3.81. The number of aromatic amines is 1. The molecule has 0 aliphatic heterocycles. The fourth-order valence-corrected chi connectivity index (χ4v) is 2.45. The molecular formula is C16H19F2N3O3. The van der Waals surface area contributed by atoms with E-state index in [1.165, 1.54) is 7.05 Å². The standard InChI is InChI=1S/C16H19F2N3O3/c1-3-24-9-4-5-12-11(8-9)10(13(21-12)15(22)19-2)6-7-20-16(23)14(17)18/h4-5,8,14,21H,3,6-7H2,1-2H3,(H,19,22)(H,20,23). The number of ether oxygens (including phenoxy) is 1. The molecule has 0 fully saturated rings. The van der Waals surface area contributed by atoms with Crippen molar-refractivity contribution in [3.05, 3.63) is 29.5 Å². The Morgan fingerprint density at radius 1 is 1.33 bits per heavy atom. The Labute approximate surface area is 137 Å². The van der Waals surface area contributed by atoms with E-state index in [1.54, 1.807) is 18.2 Å². The Balaban J connectivity index is 2.33. The number of hydrogen-bond donors (Lipinski definition) is 3. The van der Waals surface area contributed by atoms with Gasteiger partial charge in [-0.1, -0.05) is 0 Å². The summed E-state index contributed by atoms with van der Waals surface area (Å²) in [6.07, 6.45) is -2.83. The van der Waals surface area contributed by atoms with Gasteiger partial charge in [-0.15, -0.1) is 0 Å². The lowest BCUT2D eigenvalue weighted by Crippen LogP contribution is -2.31. The minimum atomic E-state index is -3.06. The lowest BCUT2D eigenvalue weighted by Gasteiger charge is -2.07. The lowest BCUT2D eigenvalue weighted by atomic mass is 10.1. The zero-order valence-electron chi connectivity index (χ0n) is 13.4. The molecule has 2 amide bonds. The molecule has 0 saturated carbocycles. The van der Waals surface area contributed by atoms with Gasteiger partial charge in [0.25, 0.3) is 11.8 Å². The fourth-order valence-electron chi connectivity index (χ4n) is 2.45. The number of benzene rings is 1. The Kier molecular flexibility index (Phi) is 5.73. The van der Waals surface area contributed by atoms with Crippen molar-refractivity contribution in [3.8, 4) is 5.75 Å². The number of rotatable bonds is 7. The van der Waals surface area contributed by atoms with E-state index in [0.717, 1.165) is 10.9 Å². The lowest BCUT2D eigenvalue weighted by molar-refractivity contribution is -0.131. The number of carbonyl (C=O) groups is 2. The van der Waals surface area contributed by atoms with Crippen molar-refractivity contribution in [1.82, 2.24) is 15.6 Å². The largest absolute Gasteiger partial charge is 0.494 e. The van der Waals surface area contributed by atoms with Crippen LogP contribution in [0.3, 0.4) is 0 Å². The normalized spacial score (nSPS) is 10.9. The van der Waals surface area contributed by atoms with Gasteiger partial charge in [-0.05, 0) is 37.1 Å². The van der Waals surface area contributed by atoms with E-state index in [-0.39, 0.29) is 18.9 Å². The first-order valence-electron chi connectivity index (χ1n) is 7.53. The van der Waals surface area contributed by atoms with Gasteiger partial charge in [0, 0.05) is 24.5 Å². The van der Waals surface area contributed by atoms with Crippen molar-refractivity contribution in [3.63, 3.8) is 0 Å². The monoisotopic (exact) mass is 339 g/mol. The molecule has 2 rings (SSSR count). The molecule has 8 heteroatoms. The van der Waals surface area contributed by atoms with E-state index >= 15 is 0 Å². The zero-order chi connectivity index (χ0) is 17.7. The highest BCUT2D eigenvalue weighted by molar-refractivity contribution is 6.01. The summed E-state index contributed by atoms with van der Waals surface area (Å²) in [5.74, 6) is -1.00. The van der Waals surface area contributed by atoms with E-state index in [1.807, 2.05) is 6.92 Å². The number of amides is 2. The van der Waals surface area contributed by atoms with E-state index in [4.69, 9.17) is 4.74 Å². The number of halogens is 2. The summed E-state index contributed by atoms with van der Waals surface area (Å²) in [6.45, 7) is 2.36. The number of carbonyl (C=O) groups excluding carboxylic acids is 2. The van der Waals surface area contributed by atoms with Gasteiger partial charge < -0.3 is 20.4 Å². The summed E-state index contributed by atoms with van der Waals surface area (Å²) in [5, 5.41) is 5.43. The minimum absolute atomic E-state index is 0.00101. The summed E-state index contributed by atoms with van der Waals surface area (Å²) >= 11 is 0. The van der Waals surface area contributed by atoms with Crippen LogP contribution in [-0.2, 0) is 11.2 Å². The van der Waals surface area contributed by atoms with Gasteiger partial charge >= 0.3 is 6.43 Å². The third-order valence-corrected chi connectivity index (χ3v) is 3.52. The predicted molar refractivity (Wildman–Crippen MR) is 85.6 cm³/mol. The molecule has 24 heavy (non-hydrogen) atoms. The van der Waals surface area contributed by atoms with Gasteiger partial charge in [0.05, 0.1) is 6.61 Å². The van der Waals surface area contributed by atoms with Crippen molar-refractivity contribution in [1.29, 1.82) is 0 Å². The van der Waals surface area contributed by atoms with Crippen LogP contribution in [0, 0.1) is 0 Å². The van der Waals surface area contributed by atoms with Crippen LogP contribution in [0.15, 0.2) is 18.2 Å². The second-order valence-corrected chi connectivity index (χ2v) is 5.04. The van der Waals surface area contributed by atoms with E-state index in [0.29, 0.717) is 23.6 Å². The van der Waals surface area contributed by atoms with Crippen molar-refractivity contribution < 1.29 is 23.1 Å². The molecule has 0 aliphatic carbocycles. The second-order valence-electron chi connectivity index (χ2n) is 5.04. The van der Waals surface area contributed by atoms with Crippen LogP contribution in [-0.4, -0.2) is 43.4 Å². The van der Waals surface area contributed by atoms with Crippen LogP contribution in [0.1, 0.15) is 23.0 Å². The fraction of sp³-hybridized carbons (Fsp3) is 0.375. The van der Waals surface area contributed by atoms with Crippen LogP contribution < -0.4 is 15.4 Å². The minimum Gasteiger partial charge on any atom is -0.494 e. The van der Waals surface area contributed by atoms with Gasteiger partial charge in [-0.3, -0.25) is 9.59 Å². The molecule has 1 heterocycles. The molecule has 1 aromatic heterocycles. The van der Waals surface area contributed by atoms with Gasteiger partial charge in [-0.25, -0.2) is 0 Å². The molecule has 2 aromatic rings. The molecule has 0 aliphatic rings. The number of fused-ring (bicyclic) bond motifs is 1. The van der Waals surface area contributed by atoms with Crippen molar-refractivity contribution in [2.75, 3.05) is 20.2 Å². The van der Waals surface area contributed by atoms with Crippen LogP contribution in [0.5, 0.6) is 5.75 Å². The van der Waals surface area contributed by atoms with Gasteiger partial charge in [-0.2, -0.15) is 8.78 Å². The molecule has 0 unspecified atom stereocenters. The van der Waals surface area contributed by atoms with Gasteiger partial charge in [0.2, 0.25) is 0 Å². The molecular weight excluding hydrogens is 320 g/mol. The maximum atomic E-state index is 12.2. The predicted octanol–water partition coefficient (Wildman–Crippen LogP) is 1.85. The molecule has 6 nitrogen and oxygen atoms in total. The molecule has 1 aromatic carbocycles. The van der Waals surface area contributed by atoms with Crippen LogP contribution in [0.25, 0.3) is 10.9 Å². The average molecular weight is 339 g/mol. The summed E-state index contributed by atoms with van der Waals surface area (Å²) in [7, 11) is 1.50. The Bertz CT molecular complexity index is 743. The number of H-pyrrole nitrogens is 1. The number of hydrogen-bond acceptors (Lipinski definition) is 3. The highest BCUT2D eigenvalue weighted by Crippen LogP contribution is 2.27. The number of aromatic nitrogens is 1. The van der Waals surface area contributed by atoms with Crippen molar-refractivity contribution >= 4 is 22.7 Å². The van der Waals surface area contributed by atoms with Gasteiger partial charge in [0.15, 0.2) is 0 Å². The topological polar surface area (TPSA) is 83.2 Å². The SMILES string of the molecule is CCOc1ccc2[nH]c(C(=O)NC)c(CCNC(=O)C(F)F)c2c1. The van der Waals surface area contributed by atoms with E-state index < -0.39 is 12.3 Å². The van der Waals surface area contributed by atoms with Crippen molar-refractivity contribution in [2.24, 2.45) is 0 Å². The van der Waals surface area contributed by atoms with Crippen molar-refractivity contribution in [2.45, 2.75) is 19.8 Å². The summed E-state index contributed by atoms with van der Waals surface area (Å²) in [4.78, 5) is 26.0. The number of alkyl halides is 2. The molecule has 0 atom stereocenters. The Morgan fingerprint density at radius 3 is 2.71 bits per heavy atom. The van der Waals surface area contributed by atoms with Gasteiger partial charge in [0.1, 0.15) is 11.4 Å².